The summed E-state index contributed by atoms with van der Waals surface area (Å²) in [6.45, 7) is 8.78. The minimum absolute atomic E-state index is 0.214. The van der Waals surface area contributed by atoms with Crippen LogP contribution in [0.15, 0.2) is 42.5 Å². The van der Waals surface area contributed by atoms with Crippen LogP contribution in [0.4, 0.5) is 13.3 Å². The number of alkyl halides is 2. The van der Waals surface area contributed by atoms with Gasteiger partial charge in [-0.2, -0.15) is 8.78 Å². The van der Waals surface area contributed by atoms with Gasteiger partial charge in [-0.05, 0) is 18.5 Å². The molecule has 1 aromatic carbocycles. The molecule has 1 aromatic rings. The van der Waals surface area contributed by atoms with Crippen molar-refractivity contribution >= 4 is 12.0 Å². The first-order chi connectivity index (χ1) is 12.2. The van der Waals surface area contributed by atoms with Crippen molar-refractivity contribution in [3.05, 3.63) is 48.0 Å². The van der Waals surface area contributed by atoms with Crippen molar-refractivity contribution in [2.24, 2.45) is 5.92 Å². The van der Waals surface area contributed by atoms with Crippen molar-refractivity contribution in [1.29, 1.82) is 0 Å². The fourth-order valence-electron chi connectivity index (χ4n) is 2.55. The summed E-state index contributed by atoms with van der Waals surface area (Å²) in [5.41, 5.74) is 1.27. The maximum absolute atomic E-state index is 12.2. The van der Waals surface area contributed by atoms with Crippen LogP contribution >= 0.6 is 12.0 Å². The fraction of sp³-hybridized carbons (Fsp3) is 0.556. The molecular formula is C18H28F3NO2S. The largest absolute Gasteiger partial charge is 0.308 e. The number of hydrogen-bond donors (Lipinski definition) is 1. The first-order valence-electron chi connectivity index (χ1n) is 8.39. The molecule has 0 fully saturated rings. The van der Waals surface area contributed by atoms with Gasteiger partial charge in [-0.25, -0.2) is 5.31 Å². The maximum Gasteiger partial charge on any atom is 0.308 e. The average Bonchev–Trinajstić information content (AvgIpc) is 3.10. The van der Waals surface area contributed by atoms with Gasteiger partial charge in [-0.3, -0.25) is 4.90 Å². The summed E-state index contributed by atoms with van der Waals surface area (Å²) in [5.74, 6) is -2.23. The molecule has 0 saturated carbocycles. The molecule has 144 valence electrons. The Bertz CT molecular complexity index is 449. The number of benzene rings is 1. The zero-order valence-electron chi connectivity index (χ0n) is 14.9. The van der Waals surface area contributed by atoms with Crippen molar-refractivity contribution in [3.63, 3.8) is 0 Å². The van der Waals surface area contributed by atoms with Gasteiger partial charge in [0.2, 0.25) is 0 Å². The molecule has 0 amide bonds. The summed E-state index contributed by atoms with van der Waals surface area (Å²) in [5, 5.41) is 5.50. The van der Waals surface area contributed by atoms with Gasteiger partial charge >= 0.3 is 5.76 Å². The number of rotatable bonds is 8. The average molecular weight is 379 g/mol. The van der Waals surface area contributed by atoms with Crippen molar-refractivity contribution in [1.82, 2.24) is 4.90 Å². The van der Waals surface area contributed by atoms with E-state index in [4.69, 9.17) is 14.0 Å². The van der Waals surface area contributed by atoms with Crippen molar-refractivity contribution in [2.75, 3.05) is 13.1 Å². The molecule has 0 aliphatic heterocycles. The first-order valence-corrected chi connectivity index (χ1v) is 9.19. The van der Waals surface area contributed by atoms with E-state index in [9.17, 15) is 8.78 Å². The van der Waals surface area contributed by atoms with Crippen LogP contribution in [-0.4, -0.2) is 35.2 Å². The number of nitrogens with zero attached hydrogens (tertiary/aromatic N) is 1. The molecule has 0 spiro atoms. The lowest BCUT2D eigenvalue weighted by molar-refractivity contribution is -0.0441. The molecule has 1 N–H and O–H groups in total. The van der Waals surface area contributed by atoms with Gasteiger partial charge in [0, 0.05) is 19.0 Å². The van der Waals surface area contributed by atoms with E-state index in [0.29, 0.717) is 0 Å². The van der Waals surface area contributed by atoms with Crippen LogP contribution in [0.1, 0.15) is 32.8 Å². The molecule has 0 saturated heterocycles. The van der Waals surface area contributed by atoms with Gasteiger partial charge in [-0.1, -0.05) is 67.8 Å². The topological polar surface area (TPSA) is 32.7 Å². The van der Waals surface area contributed by atoms with Crippen molar-refractivity contribution < 1.29 is 22.8 Å². The third kappa shape index (κ3) is 9.89. The highest BCUT2D eigenvalue weighted by Gasteiger charge is 2.27. The predicted molar refractivity (Wildman–Crippen MR) is 97.8 cm³/mol. The molecule has 2 rings (SSSR count). The first kappa shape index (κ1) is 24.0. The van der Waals surface area contributed by atoms with Crippen LogP contribution in [0.2, 0.25) is 0 Å². The second-order valence-electron chi connectivity index (χ2n) is 5.15. The summed E-state index contributed by atoms with van der Waals surface area (Å²) in [4.78, 5) is 2.33. The van der Waals surface area contributed by atoms with Gasteiger partial charge in [0.05, 0.1) is 18.1 Å². The second kappa shape index (κ2) is 15.3. The Morgan fingerprint density at radius 3 is 2.44 bits per heavy atom. The lowest BCUT2D eigenvalue weighted by Gasteiger charge is -2.27. The van der Waals surface area contributed by atoms with E-state index < -0.39 is 5.76 Å². The van der Waals surface area contributed by atoms with Crippen molar-refractivity contribution in [2.45, 2.75) is 45.6 Å². The molecule has 0 bridgehead atoms. The Morgan fingerprint density at radius 1 is 1.24 bits per heavy atom. The SMILES string of the molecule is CC.CCN(Cc1ccccc1)CC1CC=CC1OSC(F)F.OF. The van der Waals surface area contributed by atoms with E-state index in [2.05, 4.69) is 24.0 Å². The Kier molecular flexibility index (Phi) is 14.6. The summed E-state index contributed by atoms with van der Waals surface area (Å²) >= 11 is 0.268. The molecule has 7 heteroatoms. The summed E-state index contributed by atoms with van der Waals surface area (Å²) < 4.78 is 38.2. The summed E-state index contributed by atoms with van der Waals surface area (Å²) in [6.07, 6.45) is 4.60. The summed E-state index contributed by atoms with van der Waals surface area (Å²) in [7, 11) is 0. The molecule has 0 radical (unpaired) electrons. The molecule has 2 atom stereocenters. The smallest absolute Gasteiger partial charge is 0.302 e. The van der Waals surface area contributed by atoms with E-state index in [1.807, 2.05) is 44.2 Å². The normalized spacial score (nSPS) is 18.6. The Morgan fingerprint density at radius 2 is 1.88 bits per heavy atom. The molecule has 25 heavy (non-hydrogen) atoms. The van der Waals surface area contributed by atoms with Crippen LogP contribution in [0.25, 0.3) is 0 Å². The van der Waals surface area contributed by atoms with Crippen molar-refractivity contribution in [3.8, 4) is 0 Å². The van der Waals surface area contributed by atoms with Gasteiger partial charge in [0.15, 0.2) is 0 Å². The predicted octanol–water partition coefficient (Wildman–Crippen LogP) is 5.23. The fourth-order valence-corrected chi connectivity index (χ4v) is 2.99. The zero-order chi connectivity index (χ0) is 19.1. The zero-order valence-corrected chi connectivity index (χ0v) is 15.8. The molecular weight excluding hydrogens is 351 g/mol. The standard InChI is InChI=1S/C16H21F2NOS.C2H6.FHO/c1-2-19(11-13-7-4-3-5-8-13)12-14-9-6-10-15(14)20-21-16(17)18;2*1-2/h3-8,10,14-16H,2,9,11-12H2,1H3;1-2H3;2H. The minimum Gasteiger partial charge on any atom is -0.302 e. The van der Waals surface area contributed by atoms with E-state index in [0.717, 1.165) is 26.1 Å². The Balaban J connectivity index is 0.00000134. The van der Waals surface area contributed by atoms with E-state index in [-0.39, 0.29) is 24.1 Å². The monoisotopic (exact) mass is 379 g/mol. The number of allylic oxidation sites excluding steroid dienone is 1. The van der Waals surface area contributed by atoms with Gasteiger partial charge < -0.3 is 4.18 Å². The van der Waals surface area contributed by atoms with Crippen LogP contribution in [-0.2, 0) is 10.7 Å². The van der Waals surface area contributed by atoms with Crippen LogP contribution in [0.5, 0.6) is 0 Å². The highest BCUT2D eigenvalue weighted by atomic mass is 32.2. The van der Waals surface area contributed by atoms with Crippen LogP contribution < -0.4 is 0 Å². The number of hydrogen-bond acceptors (Lipinski definition) is 4. The van der Waals surface area contributed by atoms with E-state index in [1.165, 1.54) is 5.56 Å². The highest BCUT2D eigenvalue weighted by molar-refractivity contribution is 7.94. The van der Waals surface area contributed by atoms with Crippen LogP contribution in [0.3, 0.4) is 0 Å². The highest BCUT2D eigenvalue weighted by Crippen LogP contribution is 2.29. The van der Waals surface area contributed by atoms with Gasteiger partial charge in [0.1, 0.15) is 0 Å². The Hall–Kier alpha value is -1.02. The molecule has 3 nitrogen and oxygen atoms in total. The molecule has 1 aliphatic rings. The third-order valence-electron chi connectivity index (χ3n) is 3.66. The van der Waals surface area contributed by atoms with E-state index >= 15 is 0 Å². The molecule has 0 heterocycles. The summed E-state index contributed by atoms with van der Waals surface area (Å²) in [6, 6.07) is 10.3. The lowest BCUT2D eigenvalue weighted by Crippen LogP contribution is -2.33. The van der Waals surface area contributed by atoms with E-state index in [1.54, 1.807) is 0 Å². The third-order valence-corrected chi connectivity index (χ3v) is 4.14. The lowest BCUT2D eigenvalue weighted by atomic mass is 10.0. The second-order valence-corrected chi connectivity index (χ2v) is 5.90. The van der Waals surface area contributed by atoms with Gasteiger partial charge in [0.25, 0.3) is 0 Å². The molecule has 1 aliphatic carbocycles. The molecule has 2 unspecified atom stereocenters. The maximum atomic E-state index is 12.2. The molecule has 0 aromatic heterocycles. The minimum atomic E-state index is -2.48. The van der Waals surface area contributed by atoms with Gasteiger partial charge in [-0.15, -0.1) is 0 Å². The number of halogens is 3. The quantitative estimate of drug-likeness (QED) is 0.495. The van der Waals surface area contributed by atoms with Crippen LogP contribution in [0, 0.1) is 5.92 Å². The Labute approximate surface area is 153 Å².